The van der Waals surface area contributed by atoms with Crippen LogP contribution in [0.2, 0.25) is 0 Å². The monoisotopic (exact) mass is 1470 g/mol. The molecule has 0 amide bonds. The first-order chi connectivity index (χ1) is 49.2. The molecule has 0 bridgehead atoms. The molecular formula is C82H152O17P2. The molecule has 17 nitrogen and oxygen atoms in total. The van der Waals surface area contributed by atoms with Gasteiger partial charge in [-0.2, -0.15) is 0 Å². The topological polar surface area (TPSA) is 237 Å². The summed E-state index contributed by atoms with van der Waals surface area (Å²) < 4.78 is 68.7. The average molecular weight is 1470 g/mol. The molecule has 592 valence electrons. The third-order valence-electron chi connectivity index (χ3n) is 18.1. The van der Waals surface area contributed by atoms with E-state index in [1.54, 1.807) is 0 Å². The van der Waals surface area contributed by atoms with E-state index >= 15 is 0 Å². The highest BCUT2D eigenvalue weighted by Gasteiger charge is 2.30. The molecule has 0 saturated heterocycles. The van der Waals surface area contributed by atoms with Crippen molar-refractivity contribution in [3.05, 3.63) is 48.6 Å². The number of ether oxygens (including phenoxy) is 4. The van der Waals surface area contributed by atoms with E-state index in [-0.39, 0.29) is 25.7 Å². The molecule has 0 aromatic heterocycles. The fourth-order valence-corrected chi connectivity index (χ4v) is 13.3. The summed E-state index contributed by atoms with van der Waals surface area (Å²) >= 11 is 0. The van der Waals surface area contributed by atoms with Gasteiger partial charge in [0.15, 0.2) is 12.2 Å². The molecule has 0 radical (unpaired) electrons. The number of hydrogen-bond acceptors (Lipinski definition) is 15. The summed E-state index contributed by atoms with van der Waals surface area (Å²) in [6.45, 7) is 4.90. The predicted molar refractivity (Wildman–Crippen MR) is 414 cm³/mol. The van der Waals surface area contributed by atoms with Gasteiger partial charge in [-0.15, -0.1) is 0 Å². The van der Waals surface area contributed by atoms with Crippen LogP contribution in [-0.4, -0.2) is 96.7 Å². The molecule has 0 saturated carbocycles. The SMILES string of the molecule is CCCCCC/C=C\C=C/CCCCCCCC(=O)OC[C@H](COP(=O)(O)OC[C@@H](O)COP(=O)(O)OC[C@@H](COC(=O)CCCCCCCCCCCCCC)OC(=O)CCCCCCC/C=C\C=C/CCCCCC)OC(=O)CCCCCCCCCCCCCCCCCCCCC. The van der Waals surface area contributed by atoms with Gasteiger partial charge in [-0.25, -0.2) is 9.13 Å². The lowest BCUT2D eigenvalue weighted by Crippen LogP contribution is -2.30. The van der Waals surface area contributed by atoms with Crippen LogP contribution in [0.3, 0.4) is 0 Å². The average Bonchev–Trinajstić information content (AvgIpc) is 1.35. The third-order valence-corrected chi connectivity index (χ3v) is 20.0. The Kier molecular flexibility index (Phi) is 73.0. The van der Waals surface area contributed by atoms with Gasteiger partial charge in [0.05, 0.1) is 26.4 Å². The zero-order valence-electron chi connectivity index (χ0n) is 64.9. The van der Waals surface area contributed by atoms with Crippen LogP contribution < -0.4 is 0 Å². The van der Waals surface area contributed by atoms with Crippen molar-refractivity contribution in [1.82, 2.24) is 0 Å². The second kappa shape index (κ2) is 75.3. The Morgan fingerprint density at radius 1 is 0.277 bits per heavy atom. The van der Waals surface area contributed by atoms with Gasteiger partial charge >= 0.3 is 39.5 Å². The number of aliphatic hydroxyl groups is 1. The van der Waals surface area contributed by atoms with Gasteiger partial charge in [0.1, 0.15) is 19.3 Å². The number of rotatable bonds is 79. The Morgan fingerprint density at radius 2 is 0.475 bits per heavy atom. The molecule has 0 aromatic carbocycles. The van der Waals surface area contributed by atoms with Crippen LogP contribution in [0, 0.1) is 0 Å². The quantitative estimate of drug-likeness (QED) is 0.0169. The van der Waals surface area contributed by atoms with Crippen LogP contribution in [0.1, 0.15) is 394 Å². The first-order valence-electron chi connectivity index (χ1n) is 41.4. The fourth-order valence-electron chi connectivity index (χ4n) is 11.7. The van der Waals surface area contributed by atoms with E-state index in [0.717, 1.165) is 122 Å². The second-order valence-corrected chi connectivity index (χ2v) is 31.0. The van der Waals surface area contributed by atoms with Gasteiger partial charge in [-0.3, -0.25) is 37.3 Å². The second-order valence-electron chi connectivity index (χ2n) is 28.1. The summed E-state index contributed by atoms with van der Waals surface area (Å²) in [5.74, 6) is -2.16. The van der Waals surface area contributed by atoms with Crippen molar-refractivity contribution >= 4 is 39.5 Å². The maximum atomic E-state index is 13.1. The molecule has 2 unspecified atom stereocenters. The molecule has 0 aliphatic carbocycles. The maximum Gasteiger partial charge on any atom is 0.472 e. The van der Waals surface area contributed by atoms with Crippen LogP contribution in [0.5, 0.6) is 0 Å². The first-order valence-corrected chi connectivity index (χ1v) is 44.4. The minimum absolute atomic E-state index is 0.0835. The Morgan fingerprint density at radius 3 is 0.723 bits per heavy atom. The number of hydrogen-bond donors (Lipinski definition) is 3. The molecule has 0 aromatic rings. The highest BCUT2D eigenvalue weighted by Crippen LogP contribution is 2.45. The van der Waals surface area contributed by atoms with Gasteiger partial charge in [-0.05, 0) is 77.0 Å². The van der Waals surface area contributed by atoms with Crippen LogP contribution in [0.4, 0.5) is 0 Å². The fraction of sp³-hybridized carbons (Fsp3) is 0.854. The van der Waals surface area contributed by atoms with Crippen LogP contribution in [-0.2, 0) is 65.4 Å². The van der Waals surface area contributed by atoms with Crippen molar-refractivity contribution in [2.45, 2.75) is 412 Å². The molecule has 5 atom stereocenters. The molecule has 19 heteroatoms. The number of carbonyl (C=O) groups is 4. The summed E-state index contributed by atoms with van der Waals surface area (Å²) in [5, 5.41) is 10.6. The van der Waals surface area contributed by atoms with Gasteiger partial charge in [0.2, 0.25) is 0 Å². The normalized spacial score (nSPS) is 14.1. The molecule has 0 rings (SSSR count). The minimum Gasteiger partial charge on any atom is -0.462 e. The number of phosphoric ester groups is 2. The van der Waals surface area contributed by atoms with Gasteiger partial charge in [0, 0.05) is 25.7 Å². The lowest BCUT2D eigenvalue weighted by Gasteiger charge is -2.21. The van der Waals surface area contributed by atoms with Crippen molar-refractivity contribution < 1.29 is 80.2 Å². The zero-order valence-corrected chi connectivity index (χ0v) is 66.6. The van der Waals surface area contributed by atoms with Gasteiger partial charge in [0.25, 0.3) is 0 Å². The smallest absolute Gasteiger partial charge is 0.462 e. The molecule has 0 aliphatic heterocycles. The lowest BCUT2D eigenvalue weighted by atomic mass is 10.0. The number of esters is 4. The number of allylic oxidation sites excluding steroid dienone is 8. The molecule has 0 aliphatic rings. The first kappa shape index (κ1) is 98.0. The molecule has 3 N–H and O–H groups in total. The van der Waals surface area contributed by atoms with Crippen molar-refractivity contribution in [3.8, 4) is 0 Å². The Hall–Kier alpha value is -2.98. The Balaban J connectivity index is 5.32. The van der Waals surface area contributed by atoms with Crippen LogP contribution in [0.25, 0.3) is 0 Å². The lowest BCUT2D eigenvalue weighted by molar-refractivity contribution is -0.161. The molecule has 0 fully saturated rings. The summed E-state index contributed by atoms with van der Waals surface area (Å²) in [6.07, 6.45) is 73.7. The summed E-state index contributed by atoms with van der Waals surface area (Å²) in [6, 6.07) is 0. The zero-order chi connectivity index (χ0) is 73.9. The third kappa shape index (κ3) is 75.1. The molecular weight excluding hydrogens is 1320 g/mol. The van der Waals surface area contributed by atoms with E-state index in [1.165, 1.54) is 193 Å². The summed E-state index contributed by atoms with van der Waals surface area (Å²) in [7, 11) is -9.94. The Labute approximate surface area is 617 Å². The number of carbonyl (C=O) groups excluding carboxylic acids is 4. The van der Waals surface area contributed by atoms with E-state index < -0.39 is 97.5 Å². The largest absolute Gasteiger partial charge is 0.472 e. The molecule has 0 spiro atoms. The van der Waals surface area contributed by atoms with Gasteiger partial charge < -0.3 is 33.8 Å². The highest BCUT2D eigenvalue weighted by atomic mass is 31.2. The van der Waals surface area contributed by atoms with Crippen LogP contribution in [0.15, 0.2) is 48.6 Å². The van der Waals surface area contributed by atoms with E-state index in [9.17, 15) is 43.2 Å². The molecule has 101 heavy (non-hydrogen) atoms. The summed E-state index contributed by atoms with van der Waals surface area (Å²) in [4.78, 5) is 73.0. The minimum atomic E-state index is -4.97. The van der Waals surface area contributed by atoms with E-state index in [2.05, 4.69) is 76.3 Å². The number of phosphoric acid groups is 2. The number of unbranched alkanes of at least 4 members (excludes halogenated alkanes) is 47. The van der Waals surface area contributed by atoms with Crippen LogP contribution >= 0.6 is 15.6 Å². The van der Waals surface area contributed by atoms with Crippen molar-refractivity contribution in [3.63, 3.8) is 0 Å². The maximum absolute atomic E-state index is 13.1. The van der Waals surface area contributed by atoms with E-state index in [4.69, 9.17) is 37.0 Å². The van der Waals surface area contributed by atoms with E-state index in [1.807, 2.05) is 0 Å². The van der Waals surface area contributed by atoms with E-state index in [0.29, 0.717) is 25.7 Å². The van der Waals surface area contributed by atoms with Crippen molar-refractivity contribution in [1.29, 1.82) is 0 Å². The summed E-state index contributed by atoms with van der Waals surface area (Å²) in [5.41, 5.74) is 0. The molecule has 0 heterocycles. The standard InChI is InChI=1S/C82H152O17P2/c1-5-9-13-17-21-25-29-33-36-37-38-39-42-45-49-53-57-61-65-69-82(87)99-78(73-93-80(85)67-63-59-55-51-47-43-40-34-30-26-22-18-14-10-6-2)75-97-101(90,91)95-71-76(83)70-94-100(88,89)96-74-77(72-92-79(84)66-62-58-54-50-46-32-28-24-20-16-12-8-4)98-81(86)68-64-60-56-52-48-44-41-35-31-27-23-19-15-11-7-3/h26-27,30-31,34-35,40-41,76-78,83H,5-25,28-29,32-33,36-39,42-75H2,1-4H3,(H,88,89)(H,90,91)/b30-26-,31-27-,40-34-,41-35-/t76-,77+,78+/m0/s1. The number of aliphatic hydroxyl groups excluding tert-OH is 1. The Bertz CT molecular complexity index is 2100. The van der Waals surface area contributed by atoms with Crippen molar-refractivity contribution in [2.24, 2.45) is 0 Å². The predicted octanol–water partition coefficient (Wildman–Crippen LogP) is 24.1. The highest BCUT2D eigenvalue weighted by molar-refractivity contribution is 7.47. The van der Waals surface area contributed by atoms with Gasteiger partial charge in [-0.1, -0.05) is 340 Å². The van der Waals surface area contributed by atoms with Crippen molar-refractivity contribution in [2.75, 3.05) is 39.6 Å².